The fraction of sp³-hybridized carbons (Fsp3) is 0.190. The van der Waals surface area contributed by atoms with Gasteiger partial charge < -0.3 is 10.2 Å². The van der Waals surface area contributed by atoms with Gasteiger partial charge in [-0.1, -0.05) is 23.5 Å². The highest BCUT2D eigenvalue weighted by atomic mass is 32.1. The zero-order chi connectivity index (χ0) is 21.1. The first kappa shape index (κ1) is 19.7. The van der Waals surface area contributed by atoms with Crippen molar-refractivity contribution >= 4 is 28.8 Å². The molecule has 1 fully saturated rings. The molecule has 0 spiro atoms. The van der Waals surface area contributed by atoms with Gasteiger partial charge in [0.05, 0.1) is 23.4 Å². The zero-order valence-electron chi connectivity index (χ0n) is 15.7. The average Bonchev–Trinajstić information content (AvgIpc) is 3.44. The van der Waals surface area contributed by atoms with Crippen molar-refractivity contribution in [2.45, 2.75) is 18.9 Å². The van der Waals surface area contributed by atoms with E-state index in [1.807, 2.05) is 6.07 Å². The standard InChI is InChI=1S/C21H16FN5O2S/c22-15-4-1-2-5-16(15)24-18(28)20-26-25-19(30-20)17-6-3-11-27(17)21(29)14-9-7-13(12-23)8-10-14/h1-2,4-5,7-10,17H,3,6,11H2,(H,24,28)/t17-/m1/s1. The molecule has 0 bridgehead atoms. The van der Waals surface area contributed by atoms with Gasteiger partial charge in [-0.15, -0.1) is 10.2 Å². The molecule has 1 aromatic heterocycles. The number of carbonyl (C=O) groups is 2. The third-order valence-corrected chi connectivity index (χ3v) is 5.84. The van der Waals surface area contributed by atoms with E-state index in [0.29, 0.717) is 29.1 Å². The monoisotopic (exact) mass is 421 g/mol. The smallest absolute Gasteiger partial charge is 0.286 e. The summed E-state index contributed by atoms with van der Waals surface area (Å²) < 4.78 is 13.8. The molecule has 1 aliphatic heterocycles. The number of halogens is 1. The van der Waals surface area contributed by atoms with E-state index >= 15 is 0 Å². The predicted molar refractivity (Wildman–Crippen MR) is 108 cm³/mol. The molecule has 0 radical (unpaired) electrons. The molecule has 1 aliphatic rings. The second-order valence-corrected chi connectivity index (χ2v) is 7.73. The molecule has 3 aromatic rings. The van der Waals surface area contributed by atoms with Gasteiger partial charge in [-0.2, -0.15) is 5.26 Å². The number of nitrogens with one attached hydrogen (secondary N) is 1. The summed E-state index contributed by atoms with van der Waals surface area (Å²) in [5, 5.41) is 20.1. The van der Waals surface area contributed by atoms with Crippen LogP contribution in [-0.4, -0.2) is 33.5 Å². The number of benzene rings is 2. The lowest BCUT2D eigenvalue weighted by Crippen LogP contribution is -2.30. The van der Waals surface area contributed by atoms with Crippen molar-refractivity contribution in [1.82, 2.24) is 15.1 Å². The largest absolute Gasteiger partial charge is 0.329 e. The van der Waals surface area contributed by atoms with E-state index in [4.69, 9.17) is 5.26 Å². The topological polar surface area (TPSA) is 99.0 Å². The zero-order valence-corrected chi connectivity index (χ0v) is 16.5. The lowest BCUT2D eigenvalue weighted by atomic mass is 10.1. The quantitative estimate of drug-likeness (QED) is 0.691. The summed E-state index contributed by atoms with van der Waals surface area (Å²) in [4.78, 5) is 27.1. The van der Waals surface area contributed by atoms with Crippen molar-refractivity contribution in [3.05, 3.63) is 75.5 Å². The average molecular weight is 421 g/mol. The van der Waals surface area contributed by atoms with Crippen LogP contribution in [-0.2, 0) is 0 Å². The van der Waals surface area contributed by atoms with Gasteiger partial charge in [-0.05, 0) is 49.2 Å². The molecule has 150 valence electrons. The summed E-state index contributed by atoms with van der Waals surface area (Å²) >= 11 is 1.09. The van der Waals surface area contributed by atoms with Gasteiger partial charge in [-0.3, -0.25) is 9.59 Å². The first-order chi connectivity index (χ1) is 14.6. The number of amides is 2. The van der Waals surface area contributed by atoms with Crippen LogP contribution in [0.2, 0.25) is 0 Å². The molecular weight excluding hydrogens is 405 g/mol. The Kier molecular flexibility index (Phi) is 5.50. The molecule has 1 atom stereocenters. The Hall–Kier alpha value is -3.64. The molecule has 2 amide bonds. The Labute approximate surface area is 175 Å². The number of hydrogen-bond acceptors (Lipinski definition) is 6. The molecule has 2 aromatic carbocycles. The normalized spacial score (nSPS) is 15.6. The summed E-state index contributed by atoms with van der Waals surface area (Å²) in [5.74, 6) is -1.24. The molecule has 0 unspecified atom stereocenters. The lowest BCUT2D eigenvalue weighted by Gasteiger charge is -2.22. The third-order valence-electron chi connectivity index (χ3n) is 4.82. The third kappa shape index (κ3) is 3.90. The maximum atomic E-state index is 13.8. The van der Waals surface area contributed by atoms with Crippen molar-refractivity contribution in [2.24, 2.45) is 0 Å². The minimum Gasteiger partial charge on any atom is -0.329 e. The fourth-order valence-corrected chi connectivity index (χ4v) is 4.21. The van der Waals surface area contributed by atoms with Crippen LogP contribution in [0.25, 0.3) is 0 Å². The molecule has 1 saturated heterocycles. The molecule has 2 heterocycles. The van der Waals surface area contributed by atoms with Crippen molar-refractivity contribution < 1.29 is 14.0 Å². The Balaban J connectivity index is 1.50. The Bertz CT molecular complexity index is 1140. The van der Waals surface area contributed by atoms with Gasteiger partial charge in [0.1, 0.15) is 10.8 Å². The summed E-state index contributed by atoms with van der Waals surface area (Å²) in [5.41, 5.74) is 1.04. The lowest BCUT2D eigenvalue weighted by molar-refractivity contribution is 0.0735. The number of rotatable bonds is 4. The minimum atomic E-state index is -0.549. The molecule has 30 heavy (non-hydrogen) atoms. The number of aromatic nitrogens is 2. The van der Waals surface area contributed by atoms with Crippen molar-refractivity contribution in [2.75, 3.05) is 11.9 Å². The van der Waals surface area contributed by atoms with E-state index in [-0.39, 0.29) is 22.6 Å². The van der Waals surface area contributed by atoms with Crippen LogP contribution < -0.4 is 5.32 Å². The van der Waals surface area contributed by atoms with Crippen molar-refractivity contribution in [1.29, 1.82) is 5.26 Å². The highest BCUT2D eigenvalue weighted by Gasteiger charge is 2.33. The van der Waals surface area contributed by atoms with Gasteiger partial charge in [0.2, 0.25) is 5.01 Å². The number of likely N-dealkylation sites (tertiary alicyclic amines) is 1. The van der Waals surface area contributed by atoms with Crippen LogP contribution in [0, 0.1) is 17.1 Å². The predicted octanol–water partition coefficient (Wildman–Crippen LogP) is 3.78. The minimum absolute atomic E-state index is 0.0673. The molecule has 7 nitrogen and oxygen atoms in total. The van der Waals surface area contributed by atoms with Gasteiger partial charge in [0.25, 0.3) is 11.8 Å². The van der Waals surface area contributed by atoms with Gasteiger partial charge >= 0.3 is 0 Å². The maximum Gasteiger partial charge on any atom is 0.286 e. The number of hydrogen-bond donors (Lipinski definition) is 1. The van der Waals surface area contributed by atoms with Gasteiger partial charge in [0, 0.05) is 12.1 Å². The van der Waals surface area contributed by atoms with E-state index < -0.39 is 11.7 Å². The second-order valence-electron chi connectivity index (χ2n) is 6.73. The Morgan fingerprint density at radius 1 is 1.17 bits per heavy atom. The summed E-state index contributed by atoms with van der Waals surface area (Å²) in [6.07, 6.45) is 1.52. The van der Waals surface area contributed by atoms with E-state index in [1.165, 1.54) is 18.2 Å². The Morgan fingerprint density at radius 2 is 1.93 bits per heavy atom. The number of nitriles is 1. The van der Waals surface area contributed by atoms with Crippen LogP contribution in [0.15, 0.2) is 48.5 Å². The Morgan fingerprint density at radius 3 is 2.67 bits per heavy atom. The van der Waals surface area contributed by atoms with Crippen LogP contribution in [0.3, 0.4) is 0 Å². The van der Waals surface area contributed by atoms with E-state index in [1.54, 1.807) is 35.2 Å². The number of para-hydroxylation sites is 1. The molecule has 4 rings (SSSR count). The maximum absolute atomic E-state index is 13.8. The highest BCUT2D eigenvalue weighted by molar-refractivity contribution is 7.13. The molecule has 9 heteroatoms. The first-order valence-electron chi connectivity index (χ1n) is 9.27. The number of anilines is 1. The SMILES string of the molecule is N#Cc1ccc(C(=O)N2CCC[C@@H]2c2nnc(C(=O)Nc3ccccc3F)s2)cc1. The second kappa shape index (κ2) is 8.39. The number of nitrogens with zero attached hydrogens (tertiary/aromatic N) is 4. The molecular formula is C21H16FN5O2S. The first-order valence-corrected chi connectivity index (χ1v) is 10.1. The van der Waals surface area contributed by atoms with Gasteiger partial charge in [-0.25, -0.2) is 4.39 Å². The van der Waals surface area contributed by atoms with Crippen LogP contribution in [0.1, 0.15) is 49.6 Å². The van der Waals surface area contributed by atoms with Crippen molar-refractivity contribution in [3.63, 3.8) is 0 Å². The number of carbonyl (C=O) groups excluding carboxylic acids is 2. The summed E-state index contributed by atoms with van der Waals surface area (Å²) in [7, 11) is 0. The molecule has 0 saturated carbocycles. The van der Waals surface area contributed by atoms with Gasteiger partial charge in [0.15, 0.2) is 0 Å². The van der Waals surface area contributed by atoms with E-state index in [2.05, 4.69) is 15.5 Å². The van der Waals surface area contributed by atoms with Crippen LogP contribution >= 0.6 is 11.3 Å². The summed E-state index contributed by atoms with van der Waals surface area (Å²) in [6.45, 7) is 0.569. The van der Waals surface area contributed by atoms with Crippen LogP contribution in [0.4, 0.5) is 10.1 Å². The van der Waals surface area contributed by atoms with Crippen molar-refractivity contribution in [3.8, 4) is 6.07 Å². The highest BCUT2D eigenvalue weighted by Crippen LogP contribution is 2.35. The summed E-state index contributed by atoms with van der Waals surface area (Å²) in [6, 6.07) is 14.1. The molecule has 0 aliphatic carbocycles. The fourth-order valence-electron chi connectivity index (χ4n) is 3.32. The van der Waals surface area contributed by atoms with E-state index in [9.17, 15) is 14.0 Å². The van der Waals surface area contributed by atoms with E-state index in [0.717, 1.165) is 17.8 Å². The van der Waals surface area contributed by atoms with Crippen LogP contribution in [0.5, 0.6) is 0 Å². The molecule has 1 N–H and O–H groups in total.